The molecular formula is C54H33BBr2O6. The summed E-state index contributed by atoms with van der Waals surface area (Å²) in [7, 11) is -1.34. The summed E-state index contributed by atoms with van der Waals surface area (Å²) in [6, 6.07) is 62.7. The largest absolute Gasteiger partial charge is 0.488 e. The van der Waals surface area contributed by atoms with Crippen molar-refractivity contribution < 1.29 is 27.7 Å². The van der Waals surface area contributed by atoms with Crippen molar-refractivity contribution in [3.63, 3.8) is 0 Å². The number of rotatable bonds is 3. The third-order valence-corrected chi connectivity index (χ3v) is 12.3. The van der Waals surface area contributed by atoms with Crippen molar-refractivity contribution in [3.05, 3.63) is 197 Å². The summed E-state index contributed by atoms with van der Waals surface area (Å²) < 4.78 is 26.5. The molecule has 0 aliphatic carbocycles. The highest BCUT2D eigenvalue weighted by Crippen LogP contribution is 2.40. The van der Waals surface area contributed by atoms with Crippen molar-refractivity contribution in [1.82, 2.24) is 0 Å². The molecule has 6 nitrogen and oxygen atoms in total. The van der Waals surface area contributed by atoms with E-state index in [0.29, 0.717) is 5.46 Å². The third-order valence-electron chi connectivity index (χ3n) is 11.4. The van der Waals surface area contributed by atoms with E-state index in [4.69, 9.17) is 27.7 Å². The Hall–Kier alpha value is -6.88. The van der Waals surface area contributed by atoms with Gasteiger partial charge in [-0.15, -0.1) is 0 Å². The zero-order chi connectivity index (χ0) is 42.6. The van der Waals surface area contributed by atoms with Crippen LogP contribution in [0, 0.1) is 0 Å². The molecule has 0 amide bonds. The van der Waals surface area contributed by atoms with Crippen LogP contribution in [0.4, 0.5) is 0 Å². The fourth-order valence-corrected chi connectivity index (χ4v) is 9.00. The van der Waals surface area contributed by atoms with E-state index >= 15 is 0 Å². The molecular weight excluding hydrogens is 915 g/mol. The Morgan fingerprint density at radius 3 is 0.921 bits per heavy atom. The lowest BCUT2D eigenvalue weighted by Gasteiger charge is -2.01. The van der Waals surface area contributed by atoms with E-state index in [1.807, 2.05) is 42.5 Å². The average molecular weight is 948 g/mol. The summed E-state index contributed by atoms with van der Waals surface area (Å²) in [6.45, 7) is 0. The quantitative estimate of drug-likeness (QED) is 0.171. The van der Waals surface area contributed by atoms with Crippen LogP contribution in [0.5, 0.6) is 0 Å². The minimum absolute atomic E-state index is 0.525. The van der Waals surface area contributed by atoms with Crippen molar-refractivity contribution in [3.8, 4) is 22.3 Å². The first-order valence-electron chi connectivity index (χ1n) is 20.3. The molecule has 4 aromatic heterocycles. The SMILES string of the molecule is Brc1ccc2oc3cc4c(cc3c2c1)oc1ccc(Br)cc14.OB(O)c1ccccc1.c1ccc(-c2ccc3oc4cc5c(cc4c3c2)oc2ccc(-c3ccccc3)cc25)cc1. The predicted octanol–water partition coefficient (Wildman–Crippen LogP) is 15.2. The second-order valence-electron chi connectivity index (χ2n) is 15.3. The molecule has 0 unspecified atom stereocenters. The maximum Gasteiger partial charge on any atom is 0.488 e. The van der Waals surface area contributed by atoms with E-state index in [2.05, 4.69) is 153 Å². The summed E-state index contributed by atoms with van der Waals surface area (Å²) in [6.07, 6.45) is 0. The topological polar surface area (TPSA) is 93.0 Å². The molecule has 0 saturated carbocycles. The van der Waals surface area contributed by atoms with Crippen LogP contribution in [0.3, 0.4) is 0 Å². The van der Waals surface area contributed by atoms with Crippen molar-refractivity contribution >= 4 is 132 Å². The van der Waals surface area contributed by atoms with Gasteiger partial charge in [0, 0.05) is 52.0 Å². The van der Waals surface area contributed by atoms with Crippen LogP contribution in [0.2, 0.25) is 0 Å². The van der Waals surface area contributed by atoms with Crippen LogP contribution >= 0.6 is 31.9 Å². The smallest absolute Gasteiger partial charge is 0.456 e. The highest BCUT2D eigenvalue weighted by atomic mass is 79.9. The summed E-state index contributed by atoms with van der Waals surface area (Å²) in [5, 5.41) is 25.8. The van der Waals surface area contributed by atoms with Gasteiger partial charge in [-0.1, -0.05) is 135 Å². The monoisotopic (exact) mass is 946 g/mol. The Balaban J connectivity index is 0.000000123. The first-order valence-corrected chi connectivity index (χ1v) is 21.9. The van der Waals surface area contributed by atoms with Gasteiger partial charge in [-0.05, 0) is 113 Å². The molecule has 0 bridgehead atoms. The Morgan fingerprint density at radius 2 is 0.587 bits per heavy atom. The number of furan rings is 4. The fraction of sp³-hybridized carbons (Fsp3) is 0. The third kappa shape index (κ3) is 7.39. The second kappa shape index (κ2) is 16.1. The molecule has 0 aliphatic rings. The van der Waals surface area contributed by atoms with Crippen LogP contribution < -0.4 is 5.46 Å². The maximum absolute atomic E-state index is 8.58. The molecule has 0 spiro atoms. The Labute approximate surface area is 377 Å². The molecule has 0 atom stereocenters. The molecule has 0 saturated heterocycles. The van der Waals surface area contributed by atoms with Crippen molar-refractivity contribution in [2.24, 2.45) is 0 Å². The molecule has 302 valence electrons. The van der Waals surface area contributed by atoms with Gasteiger partial charge in [0.2, 0.25) is 0 Å². The Kier molecular flexibility index (Phi) is 9.97. The minimum Gasteiger partial charge on any atom is -0.456 e. The van der Waals surface area contributed by atoms with E-state index < -0.39 is 7.12 Å². The molecule has 0 fully saturated rings. The van der Waals surface area contributed by atoms with Crippen LogP contribution in [-0.2, 0) is 0 Å². The highest BCUT2D eigenvalue weighted by Gasteiger charge is 2.16. The molecule has 0 aliphatic heterocycles. The molecule has 2 N–H and O–H groups in total. The zero-order valence-electron chi connectivity index (χ0n) is 33.3. The minimum atomic E-state index is -1.34. The Morgan fingerprint density at radius 1 is 0.286 bits per heavy atom. The van der Waals surface area contributed by atoms with E-state index in [1.54, 1.807) is 24.3 Å². The van der Waals surface area contributed by atoms with Crippen molar-refractivity contribution in [2.75, 3.05) is 0 Å². The van der Waals surface area contributed by atoms with Crippen molar-refractivity contribution in [1.29, 1.82) is 0 Å². The van der Waals surface area contributed by atoms with Gasteiger partial charge in [-0.25, -0.2) is 0 Å². The molecule has 13 aromatic rings. The lowest BCUT2D eigenvalue weighted by molar-refractivity contribution is 0.426. The number of hydrogen-bond acceptors (Lipinski definition) is 6. The molecule has 9 heteroatoms. The lowest BCUT2D eigenvalue weighted by Crippen LogP contribution is -2.29. The molecule has 9 aromatic carbocycles. The predicted molar refractivity (Wildman–Crippen MR) is 265 cm³/mol. The summed E-state index contributed by atoms with van der Waals surface area (Å²) in [4.78, 5) is 0. The van der Waals surface area contributed by atoms with Crippen LogP contribution in [0.15, 0.2) is 215 Å². The highest BCUT2D eigenvalue weighted by molar-refractivity contribution is 9.10. The normalized spacial score (nSPS) is 11.5. The number of halogens is 2. The first-order chi connectivity index (χ1) is 30.8. The number of hydrogen-bond donors (Lipinski definition) is 2. The maximum atomic E-state index is 8.58. The number of benzene rings is 9. The summed E-state index contributed by atoms with van der Waals surface area (Å²) in [5.74, 6) is 0. The fourth-order valence-electron chi connectivity index (χ4n) is 8.28. The summed E-state index contributed by atoms with van der Waals surface area (Å²) >= 11 is 7.04. The first kappa shape index (κ1) is 39.0. The second-order valence-corrected chi connectivity index (χ2v) is 17.1. The zero-order valence-corrected chi connectivity index (χ0v) is 36.4. The van der Waals surface area contributed by atoms with Gasteiger partial charge in [-0.3, -0.25) is 0 Å². The van der Waals surface area contributed by atoms with Crippen LogP contribution in [0.25, 0.3) is 110 Å². The molecule has 4 heterocycles. The van der Waals surface area contributed by atoms with Gasteiger partial charge in [0.15, 0.2) is 0 Å². The van der Waals surface area contributed by atoms with E-state index in [0.717, 1.165) is 96.7 Å². The number of fused-ring (bicyclic) bond motifs is 12. The standard InChI is InChI=1S/C30H18O2.C18H8Br2O2.C6H7BO2/c1-3-7-19(8-4-1)21-11-13-27-23(15-21)25-17-30-26(18-29(25)31-27)24-16-22(12-14-28(24)32-30)20-9-5-2-6-10-20;19-9-1-3-15-11(5-9)13-7-18-14(8-17(13)21-15)12-6-10(20)2-4-16(12)22-18;8-7(9)6-4-2-1-3-5-6/h1-18H;1-8H;1-5,8-9H. The molecule has 63 heavy (non-hydrogen) atoms. The van der Waals surface area contributed by atoms with Crippen molar-refractivity contribution in [2.45, 2.75) is 0 Å². The van der Waals surface area contributed by atoms with Gasteiger partial charge in [0.1, 0.15) is 44.7 Å². The summed E-state index contributed by atoms with van der Waals surface area (Å²) in [5.41, 5.74) is 12.3. The van der Waals surface area contributed by atoms with E-state index in [-0.39, 0.29) is 0 Å². The molecule has 13 rings (SSSR count). The van der Waals surface area contributed by atoms with Gasteiger partial charge in [-0.2, -0.15) is 0 Å². The van der Waals surface area contributed by atoms with E-state index in [9.17, 15) is 0 Å². The van der Waals surface area contributed by atoms with E-state index in [1.165, 1.54) is 22.3 Å². The average Bonchev–Trinajstić information content (AvgIpc) is 4.07. The van der Waals surface area contributed by atoms with Gasteiger partial charge < -0.3 is 27.7 Å². The van der Waals surface area contributed by atoms with Gasteiger partial charge >= 0.3 is 7.12 Å². The van der Waals surface area contributed by atoms with Crippen LogP contribution in [0.1, 0.15) is 0 Å². The lowest BCUT2D eigenvalue weighted by atomic mass is 9.81. The van der Waals surface area contributed by atoms with Gasteiger partial charge in [0.25, 0.3) is 0 Å². The molecule has 0 radical (unpaired) electrons. The Bertz CT molecular complexity index is 3570. The van der Waals surface area contributed by atoms with Crippen LogP contribution in [-0.4, -0.2) is 17.2 Å². The van der Waals surface area contributed by atoms with Gasteiger partial charge in [0.05, 0.1) is 0 Å².